The van der Waals surface area contributed by atoms with E-state index in [4.69, 9.17) is 14.5 Å². The van der Waals surface area contributed by atoms with E-state index in [9.17, 15) is 4.79 Å². The fraction of sp³-hybridized carbons (Fsp3) is 0.267. The van der Waals surface area contributed by atoms with Crippen LogP contribution in [-0.4, -0.2) is 98.2 Å². The second-order valence-electron chi connectivity index (χ2n) is 10.8. The topological polar surface area (TPSA) is 126 Å². The molecule has 1 N–H and O–H groups in total. The Kier molecular flexibility index (Phi) is 7.10. The predicted molar refractivity (Wildman–Crippen MR) is 161 cm³/mol. The first-order valence-corrected chi connectivity index (χ1v) is 14.1. The number of ether oxygens (including phenoxy) is 2. The molecule has 0 aliphatic carbocycles. The third kappa shape index (κ3) is 5.42. The number of piperazine rings is 1. The molecule has 14 heteroatoms. The van der Waals surface area contributed by atoms with E-state index in [-0.39, 0.29) is 17.6 Å². The van der Waals surface area contributed by atoms with Crippen molar-refractivity contribution in [3.63, 3.8) is 0 Å². The van der Waals surface area contributed by atoms with Gasteiger partial charge >= 0.3 is 0 Å². The Bertz CT molecular complexity index is 1890. The molecule has 1 atom stereocenters. The van der Waals surface area contributed by atoms with Crippen LogP contribution >= 0.6 is 0 Å². The van der Waals surface area contributed by atoms with Crippen molar-refractivity contribution < 1.29 is 18.7 Å². The number of benzene rings is 1. The Hall–Kier alpha value is -5.37. The Morgan fingerprint density at radius 3 is 2.89 bits per heavy atom. The lowest BCUT2D eigenvalue weighted by Gasteiger charge is -2.39. The third-order valence-corrected chi connectivity index (χ3v) is 7.47. The molecule has 7 rings (SSSR count). The molecular weight excluding hydrogens is 567 g/mol. The van der Waals surface area contributed by atoms with E-state index < -0.39 is 5.82 Å². The van der Waals surface area contributed by atoms with Gasteiger partial charge in [0.05, 0.1) is 17.2 Å². The van der Waals surface area contributed by atoms with Gasteiger partial charge in [-0.3, -0.25) is 4.79 Å². The lowest BCUT2D eigenvalue weighted by atomic mass is 10.1. The van der Waals surface area contributed by atoms with Crippen LogP contribution in [-0.2, 0) is 4.79 Å². The minimum atomic E-state index is -0.529. The highest BCUT2D eigenvalue weighted by Crippen LogP contribution is 2.36. The molecule has 44 heavy (non-hydrogen) atoms. The van der Waals surface area contributed by atoms with Gasteiger partial charge in [0.25, 0.3) is 0 Å². The average Bonchev–Trinajstić information content (AvgIpc) is 3.44. The number of nitrogens with zero attached hydrogens (tertiary/aromatic N) is 9. The van der Waals surface area contributed by atoms with Crippen molar-refractivity contribution in [1.82, 2.24) is 39.3 Å². The van der Waals surface area contributed by atoms with Crippen LogP contribution < -0.4 is 19.7 Å². The molecule has 0 saturated carbocycles. The number of hydrogen-bond acceptors (Lipinski definition) is 11. The molecule has 1 aromatic carbocycles. The second kappa shape index (κ2) is 11.4. The van der Waals surface area contributed by atoms with Crippen LogP contribution in [0.4, 0.5) is 21.7 Å². The summed E-state index contributed by atoms with van der Waals surface area (Å²) in [6.07, 6.45) is 8.05. The van der Waals surface area contributed by atoms with Gasteiger partial charge in [0.1, 0.15) is 42.1 Å². The summed E-state index contributed by atoms with van der Waals surface area (Å²) in [7, 11) is 3.91. The van der Waals surface area contributed by atoms with Crippen LogP contribution in [0.5, 0.6) is 17.2 Å². The van der Waals surface area contributed by atoms with E-state index in [1.54, 1.807) is 41.1 Å². The Labute approximate surface area is 251 Å². The molecule has 1 saturated heterocycles. The maximum absolute atomic E-state index is 15.3. The fourth-order valence-corrected chi connectivity index (χ4v) is 5.29. The number of amides is 1. The minimum absolute atomic E-state index is 0.0311. The van der Waals surface area contributed by atoms with Gasteiger partial charge in [-0.15, -0.1) is 0 Å². The highest BCUT2D eigenvalue weighted by molar-refractivity contribution is 5.90. The Morgan fingerprint density at radius 2 is 2.02 bits per heavy atom. The van der Waals surface area contributed by atoms with Crippen molar-refractivity contribution in [2.24, 2.45) is 0 Å². The Balaban J connectivity index is 1.10. The average molecular weight is 597 g/mol. The zero-order valence-electron chi connectivity index (χ0n) is 24.1. The van der Waals surface area contributed by atoms with E-state index in [0.717, 1.165) is 0 Å². The molecule has 224 valence electrons. The first kappa shape index (κ1) is 27.5. The molecule has 1 unspecified atom stereocenters. The summed E-state index contributed by atoms with van der Waals surface area (Å²) in [5, 5.41) is 7.12. The molecule has 0 radical (unpaired) electrons. The molecule has 2 aliphatic rings. The van der Waals surface area contributed by atoms with Crippen molar-refractivity contribution in [2.75, 3.05) is 57.1 Å². The number of likely N-dealkylation sites (N-methyl/N-ethyl adjacent to an activating group) is 1. The predicted octanol–water partition coefficient (Wildman–Crippen LogP) is 3.27. The number of anilines is 3. The summed E-state index contributed by atoms with van der Waals surface area (Å²) in [4.78, 5) is 36.6. The van der Waals surface area contributed by atoms with Crippen LogP contribution in [0, 0.1) is 5.82 Å². The van der Waals surface area contributed by atoms with Crippen molar-refractivity contribution >= 4 is 39.9 Å². The number of pyridine rings is 2. The highest BCUT2D eigenvalue weighted by atomic mass is 19.1. The minimum Gasteiger partial charge on any atom is -0.487 e. The zero-order chi connectivity index (χ0) is 30.2. The monoisotopic (exact) mass is 596 g/mol. The highest BCUT2D eigenvalue weighted by Gasteiger charge is 2.35. The molecule has 4 aromatic heterocycles. The normalized spacial score (nSPS) is 16.3. The number of fused-ring (bicyclic) bond motifs is 6. The first-order chi connectivity index (χ1) is 21.4. The summed E-state index contributed by atoms with van der Waals surface area (Å²) in [5.41, 5.74) is 1.83. The standard InChI is InChI=1S/C30H29FN10O3/c1-38(2)8-3-4-27(42)40-11-10-39-15-19(40)16-43-25-14-24-28(37-30(25)39)29(34-17-32-24)36-23-6-5-20(12-22(23)31)44-21-7-9-41-26(13-21)33-18-35-41/h3-7,9,12-14,17-19H,8,10-11,15-16H2,1-2H3,(H,32,34,36)/b4-3+. The van der Waals surface area contributed by atoms with Crippen LogP contribution in [0.2, 0.25) is 0 Å². The number of halogens is 1. The zero-order valence-corrected chi connectivity index (χ0v) is 24.1. The van der Waals surface area contributed by atoms with E-state index >= 15 is 4.39 Å². The molecule has 2 aliphatic heterocycles. The molecule has 1 fully saturated rings. The summed E-state index contributed by atoms with van der Waals surface area (Å²) in [6, 6.07) is 9.65. The van der Waals surface area contributed by atoms with Gasteiger partial charge in [-0.1, -0.05) is 6.08 Å². The fourth-order valence-electron chi connectivity index (χ4n) is 5.29. The molecule has 2 bridgehead atoms. The quantitative estimate of drug-likeness (QED) is 0.278. The van der Waals surface area contributed by atoms with E-state index in [1.807, 2.05) is 36.0 Å². The van der Waals surface area contributed by atoms with Crippen molar-refractivity contribution in [1.29, 1.82) is 0 Å². The van der Waals surface area contributed by atoms with Gasteiger partial charge in [-0.2, -0.15) is 5.10 Å². The summed E-state index contributed by atoms with van der Waals surface area (Å²) >= 11 is 0. The van der Waals surface area contributed by atoms with Gasteiger partial charge in [0.2, 0.25) is 5.91 Å². The number of nitrogens with one attached hydrogen (secondary N) is 1. The summed E-state index contributed by atoms with van der Waals surface area (Å²) in [5.74, 6) is 1.85. The molecular formula is C30H29FN10O3. The van der Waals surface area contributed by atoms with E-state index in [2.05, 4.69) is 30.3 Å². The number of carbonyl (C=O) groups excluding carboxylic acids is 1. The number of aromatic nitrogens is 6. The van der Waals surface area contributed by atoms with E-state index in [1.165, 1.54) is 18.7 Å². The number of hydrogen-bond donors (Lipinski definition) is 1. The first-order valence-electron chi connectivity index (χ1n) is 14.1. The van der Waals surface area contributed by atoms with Crippen molar-refractivity contribution in [3.05, 3.63) is 73.2 Å². The van der Waals surface area contributed by atoms with Crippen molar-refractivity contribution in [2.45, 2.75) is 6.04 Å². The SMILES string of the molecule is CN(C)C/C=C/C(=O)N1CCN2CC1COc1cc3ncnc(Nc4ccc(Oc5ccn6ncnc6c5)cc4F)c3nc12. The maximum Gasteiger partial charge on any atom is 0.246 e. The van der Waals surface area contributed by atoms with Crippen LogP contribution in [0.15, 0.2) is 67.4 Å². The molecule has 13 nitrogen and oxygen atoms in total. The second-order valence-corrected chi connectivity index (χ2v) is 10.8. The largest absolute Gasteiger partial charge is 0.487 e. The number of carbonyl (C=O) groups is 1. The van der Waals surface area contributed by atoms with Crippen LogP contribution in [0.3, 0.4) is 0 Å². The lowest BCUT2D eigenvalue weighted by Crippen LogP contribution is -2.56. The molecule has 5 aromatic rings. The molecule has 1 amide bonds. The van der Waals surface area contributed by atoms with Crippen LogP contribution in [0.1, 0.15) is 0 Å². The van der Waals surface area contributed by atoms with Gasteiger partial charge in [-0.05, 0) is 32.3 Å². The van der Waals surface area contributed by atoms with Crippen molar-refractivity contribution in [3.8, 4) is 17.2 Å². The van der Waals surface area contributed by atoms with Gasteiger partial charge in [0, 0.05) is 56.7 Å². The molecule has 6 heterocycles. The lowest BCUT2D eigenvalue weighted by molar-refractivity contribution is -0.129. The maximum atomic E-state index is 15.3. The van der Waals surface area contributed by atoms with Crippen LogP contribution in [0.25, 0.3) is 16.7 Å². The van der Waals surface area contributed by atoms with Gasteiger partial charge in [0.15, 0.2) is 23.0 Å². The number of rotatable bonds is 7. The Morgan fingerprint density at radius 1 is 1.14 bits per heavy atom. The smallest absolute Gasteiger partial charge is 0.246 e. The molecule has 0 spiro atoms. The van der Waals surface area contributed by atoms with Gasteiger partial charge < -0.3 is 29.5 Å². The van der Waals surface area contributed by atoms with E-state index in [0.29, 0.717) is 78.4 Å². The summed E-state index contributed by atoms with van der Waals surface area (Å²) in [6.45, 7) is 2.74. The summed E-state index contributed by atoms with van der Waals surface area (Å²) < 4.78 is 28.9. The third-order valence-electron chi connectivity index (χ3n) is 7.47. The van der Waals surface area contributed by atoms with Gasteiger partial charge in [-0.25, -0.2) is 28.8 Å².